The highest BCUT2D eigenvalue weighted by Gasteiger charge is 2.22. The molecule has 0 saturated heterocycles. The third-order valence-corrected chi connectivity index (χ3v) is 3.57. The van der Waals surface area contributed by atoms with Gasteiger partial charge >= 0.3 is 5.97 Å². The van der Waals surface area contributed by atoms with Crippen LogP contribution in [0, 0.1) is 18.3 Å². The van der Waals surface area contributed by atoms with Crippen LogP contribution < -0.4 is 0 Å². The molecule has 0 aliphatic heterocycles. The van der Waals surface area contributed by atoms with Crippen LogP contribution in [0.1, 0.15) is 27.2 Å². The molecule has 3 aromatic rings. The van der Waals surface area contributed by atoms with Crippen LogP contribution in [0.4, 0.5) is 0 Å². The highest BCUT2D eigenvalue weighted by atomic mass is 16.5. The van der Waals surface area contributed by atoms with Crippen molar-refractivity contribution in [1.29, 1.82) is 5.26 Å². The maximum Gasteiger partial charge on any atom is 0.344 e. The summed E-state index contributed by atoms with van der Waals surface area (Å²) >= 11 is 0. The van der Waals surface area contributed by atoms with E-state index in [1.807, 2.05) is 36.4 Å². The Kier molecular flexibility index (Phi) is 4.39. The van der Waals surface area contributed by atoms with Crippen molar-refractivity contribution in [3.8, 4) is 17.3 Å². The van der Waals surface area contributed by atoms with E-state index >= 15 is 0 Å². The first-order valence-corrected chi connectivity index (χ1v) is 7.37. The van der Waals surface area contributed by atoms with Gasteiger partial charge < -0.3 is 9.26 Å². The van der Waals surface area contributed by atoms with Crippen LogP contribution in [0.5, 0.6) is 0 Å². The standard InChI is InChI=1S/C19H14N2O3/c1-13-17(18(21-24-13)16-5-3-2-4-6-16)19(22)23-12-15-9-7-14(11-20)8-10-15/h2-10H,12H2,1H3. The van der Waals surface area contributed by atoms with E-state index < -0.39 is 5.97 Å². The van der Waals surface area contributed by atoms with Crippen LogP contribution in [-0.2, 0) is 11.3 Å². The molecule has 0 N–H and O–H groups in total. The van der Waals surface area contributed by atoms with Gasteiger partial charge in [-0.05, 0) is 24.6 Å². The second kappa shape index (κ2) is 6.80. The summed E-state index contributed by atoms with van der Waals surface area (Å²) in [5.74, 6) is -0.0735. The normalized spacial score (nSPS) is 10.2. The van der Waals surface area contributed by atoms with Gasteiger partial charge in [0, 0.05) is 5.56 Å². The highest BCUT2D eigenvalue weighted by Crippen LogP contribution is 2.26. The molecule has 0 saturated carbocycles. The molecule has 0 aliphatic carbocycles. The summed E-state index contributed by atoms with van der Waals surface area (Å²) < 4.78 is 10.5. The Balaban J connectivity index is 1.78. The summed E-state index contributed by atoms with van der Waals surface area (Å²) in [7, 11) is 0. The topological polar surface area (TPSA) is 76.1 Å². The zero-order chi connectivity index (χ0) is 16.9. The molecule has 0 bridgehead atoms. The Morgan fingerprint density at radius 2 is 1.88 bits per heavy atom. The van der Waals surface area contributed by atoms with Crippen molar-refractivity contribution in [3.05, 3.63) is 77.0 Å². The molecule has 0 fully saturated rings. The minimum atomic E-state index is -0.489. The second-order valence-corrected chi connectivity index (χ2v) is 5.21. The smallest absolute Gasteiger partial charge is 0.344 e. The second-order valence-electron chi connectivity index (χ2n) is 5.21. The van der Waals surface area contributed by atoms with Crippen LogP contribution in [0.2, 0.25) is 0 Å². The fourth-order valence-electron chi connectivity index (χ4n) is 2.30. The number of rotatable bonds is 4. The summed E-state index contributed by atoms with van der Waals surface area (Å²) in [6, 6.07) is 18.3. The van der Waals surface area contributed by atoms with Gasteiger partial charge in [0.05, 0.1) is 11.6 Å². The first-order chi connectivity index (χ1) is 11.7. The number of esters is 1. The van der Waals surface area contributed by atoms with Crippen LogP contribution >= 0.6 is 0 Å². The zero-order valence-electron chi connectivity index (χ0n) is 13.0. The van der Waals surface area contributed by atoms with Crippen molar-refractivity contribution in [2.24, 2.45) is 0 Å². The number of aryl methyl sites for hydroxylation is 1. The molecule has 5 nitrogen and oxygen atoms in total. The molecule has 0 atom stereocenters. The Labute approximate surface area is 139 Å². The predicted molar refractivity (Wildman–Crippen MR) is 87.0 cm³/mol. The lowest BCUT2D eigenvalue weighted by atomic mass is 10.1. The number of hydrogen-bond acceptors (Lipinski definition) is 5. The molecule has 2 aromatic carbocycles. The maximum absolute atomic E-state index is 12.4. The summed E-state index contributed by atoms with van der Waals surface area (Å²) in [4.78, 5) is 12.4. The van der Waals surface area contributed by atoms with Crippen molar-refractivity contribution in [2.45, 2.75) is 13.5 Å². The Morgan fingerprint density at radius 3 is 2.54 bits per heavy atom. The summed E-state index contributed by atoms with van der Waals surface area (Å²) in [6.07, 6.45) is 0. The van der Waals surface area contributed by atoms with Gasteiger partial charge in [0.1, 0.15) is 23.6 Å². The van der Waals surface area contributed by atoms with E-state index in [9.17, 15) is 4.79 Å². The largest absolute Gasteiger partial charge is 0.457 e. The van der Waals surface area contributed by atoms with Crippen molar-refractivity contribution in [2.75, 3.05) is 0 Å². The van der Waals surface area contributed by atoms with Crippen molar-refractivity contribution in [1.82, 2.24) is 5.16 Å². The quantitative estimate of drug-likeness (QED) is 0.682. The van der Waals surface area contributed by atoms with Crippen LogP contribution in [0.25, 0.3) is 11.3 Å². The number of carbonyl (C=O) groups is 1. The monoisotopic (exact) mass is 318 g/mol. The molecule has 0 aliphatic rings. The van der Waals surface area contributed by atoms with Gasteiger partial charge in [-0.3, -0.25) is 0 Å². The third kappa shape index (κ3) is 3.18. The lowest BCUT2D eigenvalue weighted by molar-refractivity contribution is 0.0471. The van der Waals surface area contributed by atoms with Crippen LogP contribution in [0.3, 0.4) is 0 Å². The van der Waals surface area contributed by atoms with E-state index in [0.717, 1.165) is 11.1 Å². The van der Waals surface area contributed by atoms with Gasteiger partial charge in [0.15, 0.2) is 0 Å². The first kappa shape index (κ1) is 15.5. The van der Waals surface area contributed by atoms with Crippen LogP contribution in [-0.4, -0.2) is 11.1 Å². The van der Waals surface area contributed by atoms with Gasteiger partial charge in [-0.25, -0.2) is 4.79 Å². The Bertz CT molecular complexity index is 891. The Morgan fingerprint density at radius 1 is 1.17 bits per heavy atom. The van der Waals surface area contributed by atoms with Gasteiger partial charge in [0.2, 0.25) is 0 Å². The third-order valence-electron chi connectivity index (χ3n) is 3.57. The highest BCUT2D eigenvalue weighted by molar-refractivity contribution is 5.97. The molecular formula is C19H14N2O3. The lowest BCUT2D eigenvalue weighted by Crippen LogP contribution is -2.07. The molecule has 0 radical (unpaired) electrons. The fourth-order valence-corrected chi connectivity index (χ4v) is 2.30. The van der Waals surface area contributed by atoms with E-state index in [-0.39, 0.29) is 6.61 Å². The minimum absolute atomic E-state index is 0.114. The van der Waals surface area contributed by atoms with Crippen molar-refractivity contribution >= 4 is 5.97 Å². The molecule has 1 heterocycles. The van der Waals surface area contributed by atoms with Gasteiger partial charge in [-0.1, -0.05) is 47.6 Å². The van der Waals surface area contributed by atoms with Crippen LogP contribution in [0.15, 0.2) is 59.1 Å². The molecular weight excluding hydrogens is 304 g/mol. The maximum atomic E-state index is 12.4. The van der Waals surface area contributed by atoms with Gasteiger partial charge in [0.25, 0.3) is 0 Å². The average Bonchev–Trinajstić information content (AvgIpc) is 3.02. The lowest BCUT2D eigenvalue weighted by Gasteiger charge is -2.05. The minimum Gasteiger partial charge on any atom is -0.457 e. The molecule has 118 valence electrons. The summed E-state index contributed by atoms with van der Waals surface area (Å²) in [5, 5.41) is 12.8. The molecule has 1 aromatic heterocycles. The fraction of sp³-hybridized carbons (Fsp3) is 0.105. The molecule has 0 amide bonds. The zero-order valence-corrected chi connectivity index (χ0v) is 13.0. The molecule has 5 heteroatoms. The number of nitrogens with zero attached hydrogens (tertiary/aromatic N) is 2. The van der Waals surface area contributed by atoms with E-state index in [1.54, 1.807) is 31.2 Å². The molecule has 3 rings (SSSR count). The number of aromatic nitrogens is 1. The number of carbonyl (C=O) groups excluding carboxylic acids is 1. The van der Waals surface area contributed by atoms with Crippen molar-refractivity contribution < 1.29 is 14.1 Å². The predicted octanol–water partition coefficient (Wildman–Crippen LogP) is 3.88. The van der Waals surface area contributed by atoms with E-state index in [1.165, 1.54) is 0 Å². The van der Waals surface area contributed by atoms with E-state index in [0.29, 0.717) is 22.6 Å². The average molecular weight is 318 g/mol. The van der Waals surface area contributed by atoms with Gasteiger partial charge in [-0.2, -0.15) is 5.26 Å². The van der Waals surface area contributed by atoms with E-state index in [4.69, 9.17) is 14.5 Å². The Hall–Kier alpha value is -3.39. The summed E-state index contributed by atoms with van der Waals surface area (Å²) in [5.41, 5.74) is 2.96. The van der Waals surface area contributed by atoms with Gasteiger partial charge in [-0.15, -0.1) is 0 Å². The molecule has 0 unspecified atom stereocenters. The summed E-state index contributed by atoms with van der Waals surface area (Å²) in [6.45, 7) is 1.79. The SMILES string of the molecule is Cc1onc(-c2ccccc2)c1C(=O)OCc1ccc(C#N)cc1. The number of ether oxygens (including phenoxy) is 1. The number of benzene rings is 2. The van der Waals surface area contributed by atoms with E-state index in [2.05, 4.69) is 5.16 Å². The first-order valence-electron chi connectivity index (χ1n) is 7.37. The molecule has 24 heavy (non-hydrogen) atoms. The number of nitriles is 1. The number of hydrogen-bond donors (Lipinski definition) is 0. The van der Waals surface area contributed by atoms with Crippen molar-refractivity contribution in [3.63, 3.8) is 0 Å². The molecule has 0 spiro atoms.